The molecule has 0 fully saturated rings. The first-order valence-corrected chi connectivity index (χ1v) is 13.6. The van der Waals surface area contributed by atoms with Crippen LogP contribution in [0.4, 0.5) is 5.00 Å². The van der Waals surface area contributed by atoms with Crippen LogP contribution >= 0.6 is 22.7 Å². The van der Waals surface area contributed by atoms with E-state index in [1.54, 1.807) is 29.8 Å². The summed E-state index contributed by atoms with van der Waals surface area (Å²) in [5.41, 5.74) is 5.65. The molecule has 8 heteroatoms. The number of carbonyl (C=O) groups is 1. The molecule has 4 aromatic rings. The van der Waals surface area contributed by atoms with Crippen molar-refractivity contribution in [2.45, 2.75) is 39.3 Å². The third-order valence-corrected chi connectivity index (χ3v) is 8.31. The molecule has 0 radical (unpaired) electrons. The van der Waals surface area contributed by atoms with Crippen LogP contribution in [0.1, 0.15) is 30.7 Å². The fourth-order valence-electron chi connectivity index (χ4n) is 4.31. The van der Waals surface area contributed by atoms with E-state index in [0.717, 1.165) is 62.2 Å². The molecule has 3 N–H and O–H groups in total. The molecule has 0 unspecified atom stereocenters. The van der Waals surface area contributed by atoms with E-state index in [4.69, 9.17) is 9.72 Å². The van der Waals surface area contributed by atoms with Crippen LogP contribution in [0.15, 0.2) is 42.5 Å². The number of nitrogens with zero attached hydrogens (tertiary/aromatic N) is 1. The molecule has 6 nitrogen and oxygen atoms in total. The van der Waals surface area contributed by atoms with Crippen LogP contribution in [0, 0.1) is 0 Å². The molecule has 0 aliphatic carbocycles. The van der Waals surface area contributed by atoms with Crippen molar-refractivity contribution in [3.63, 3.8) is 0 Å². The van der Waals surface area contributed by atoms with Gasteiger partial charge < -0.3 is 20.7 Å². The Kier molecular flexibility index (Phi) is 7.15. The van der Waals surface area contributed by atoms with Crippen LogP contribution in [-0.2, 0) is 17.8 Å². The van der Waals surface area contributed by atoms with E-state index >= 15 is 0 Å². The summed E-state index contributed by atoms with van der Waals surface area (Å²) in [6.07, 6.45) is 1.39. The van der Waals surface area contributed by atoms with Crippen molar-refractivity contribution in [2.75, 3.05) is 25.5 Å². The maximum atomic E-state index is 12.7. The molecule has 0 atom stereocenters. The number of methoxy groups -OCH3 is 1. The Labute approximate surface area is 213 Å². The van der Waals surface area contributed by atoms with Crippen LogP contribution in [0.3, 0.4) is 0 Å². The first kappa shape index (κ1) is 23.9. The Morgan fingerprint density at radius 2 is 1.94 bits per heavy atom. The van der Waals surface area contributed by atoms with E-state index in [-0.39, 0.29) is 5.91 Å². The second-order valence-electron chi connectivity index (χ2n) is 8.97. The molecule has 35 heavy (non-hydrogen) atoms. The predicted octanol–water partition coefficient (Wildman–Crippen LogP) is 5.67. The predicted molar refractivity (Wildman–Crippen MR) is 147 cm³/mol. The summed E-state index contributed by atoms with van der Waals surface area (Å²) in [5.74, 6) is 0.880. The molecule has 1 amide bonds. The number of ether oxygens (including phenoxy) is 1. The molecular weight excluding hydrogens is 476 g/mol. The van der Waals surface area contributed by atoms with Gasteiger partial charge in [0.05, 0.1) is 17.3 Å². The van der Waals surface area contributed by atoms with Crippen LogP contribution in [-0.4, -0.2) is 37.1 Å². The Bertz CT molecular complexity index is 1340. The minimum Gasteiger partial charge on any atom is -0.497 e. The number of rotatable bonds is 8. The number of carbonyl (C=O) groups excluding carboxylic acids is 1. The Morgan fingerprint density at radius 3 is 2.71 bits per heavy atom. The van der Waals surface area contributed by atoms with E-state index in [0.29, 0.717) is 19.0 Å². The molecule has 5 rings (SSSR count). The zero-order valence-electron chi connectivity index (χ0n) is 20.2. The number of hydrogen-bond donors (Lipinski definition) is 3. The van der Waals surface area contributed by atoms with Gasteiger partial charge in [-0.15, -0.1) is 22.7 Å². The minimum absolute atomic E-state index is 0.0360. The van der Waals surface area contributed by atoms with Crippen molar-refractivity contribution in [3.05, 3.63) is 52.9 Å². The van der Waals surface area contributed by atoms with Gasteiger partial charge in [0, 0.05) is 36.0 Å². The zero-order valence-corrected chi connectivity index (χ0v) is 21.9. The number of thiazole rings is 1. The van der Waals surface area contributed by atoms with Crippen LogP contribution in [0.25, 0.3) is 31.9 Å². The largest absolute Gasteiger partial charge is 0.497 e. The Balaban J connectivity index is 1.47. The monoisotopic (exact) mass is 506 g/mol. The second kappa shape index (κ2) is 10.5. The van der Waals surface area contributed by atoms with Gasteiger partial charge in [-0.1, -0.05) is 32.0 Å². The number of benzene rings is 2. The molecule has 2 aromatic carbocycles. The molecule has 182 valence electrons. The van der Waals surface area contributed by atoms with E-state index in [1.165, 1.54) is 10.4 Å². The molecule has 2 aromatic heterocycles. The summed E-state index contributed by atoms with van der Waals surface area (Å²) in [6.45, 7) is 6.62. The number of hydrogen-bond acceptors (Lipinski definition) is 7. The minimum atomic E-state index is 0.0360. The summed E-state index contributed by atoms with van der Waals surface area (Å²) in [7, 11) is 1.68. The SMILES string of the molecule is COc1ccc(-c2ccc3sc(-c4c(NC(=O)CCNC(C)C)sc5c4CCNC5)nc3c2)cc1. The van der Waals surface area contributed by atoms with Crippen LogP contribution in [0.5, 0.6) is 5.75 Å². The number of nitrogens with one attached hydrogen (secondary N) is 3. The average molecular weight is 507 g/mol. The molecular formula is C27H30N4O2S2. The fraction of sp³-hybridized carbons (Fsp3) is 0.333. The summed E-state index contributed by atoms with van der Waals surface area (Å²) < 4.78 is 6.43. The maximum Gasteiger partial charge on any atom is 0.226 e. The summed E-state index contributed by atoms with van der Waals surface area (Å²) in [4.78, 5) is 19.1. The first-order chi connectivity index (χ1) is 17.0. The number of thiophene rings is 1. The summed E-state index contributed by atoms with van der Waals surface area (Å²) in [6, 6.07) is 14.9. The van der Waals surface area contributed by atoms with E-state index < -0.39 is 0 Å². The van der Waals surface area contributed by atoms with Gasteiger partial charge in [-0.25, -0.2) is 4.98 Å². The average Bonchev–Trinajstić information content (AvgIpc) is 3.43. The van der Waals surface area contributed by atoms with Crippen molar-refractivity contribution in [2.24, 2.45) is 0 Å². The third kappa shape index (κ3) is 5.26. The third-order valence-electron chi connectivity index (χ3n) is 6.11. The molecule has 0 saturated heterocycles. The maximum absolute atomic E-state index is 12.7. The molecule has 0 bridgehead atoms. The van der Waals surface area contributed by atoms with E-state index in [1.807, 2.05) is 12.1 Å². The zero-order chi connectivity index (χ0) is 24.4. The lowest BCUT2D eigenvalue weighted by Crippen LogP contribution is -2.27. The number of aromatic nitrogens is 1. The lowest BCUT2D eigenvalue weighted by Gasteiger charge is -2.13. The van der Waals surface area contributed by atoms with Gasteiger partial charge in [0.15, 0.2) is 0 Å². The van der Waals surface area contributed by atoms with Crippen molar-refractivity contribution in [3.8, 4) is 27.4 Å². The second-order valence-corrected chi connectivity index (χ2v) is 11.1. The normalized spacial score (nSPS) is 13.3. The lowest BCUT2D eigenvalue weighted by atomic mass is 10.0. The van der Waals surface area contributed by atoms with Crippen molar-refractivity contribution in [1.29, 1.82) is 0 Å². The Hall–Kier alpha value is -2.78. The molecule has 0 saturated carbocycles. The van der Waals surface area contributed by atoms with Crippen molar-refractivity contribution in [1.82, 2.24) is 15.6 Å². The number of anilines is 1. The van der Waals surface area contributed by atoms with Gasteiger partial charge in [0.1, 0.15) is 15.8 Å². The topological polar surface area (TPSA) is 75.3 Å². The van der Waals surface area contributed by atoms with Gasteiger partial charge in [-0.2, -0.15) is 0 Å². The van der Waals surface area contributed by atoms with Gasteiger partial charge in [0.25, 0.3) is 0 Å². The quantitative estimate of drug-likeness (QED) is 0.287. The van der Waals surface area contributed by atoms with Crippen molar-refractivity contribution < 1.29 is 9.53 Å². The highest BCUT2D eigenvalue weighted by molar-refractivity contribution is 7.23. The van der Waals surface area contributed by atoms with Gasteiger partial charge in [-0.3, -0.25) is 4.79 Å². The first-order valence-electron chi connectivity index (χ1n) is 12.0. The lowest BCUT2D eigenvalue weighted by molar-refractivity contribution is -0.116. The standard InChI is InChI=1S/C27H30N4O2S2/c1-16(2)29-13-11-24(32)31-27-25(20-10-12-28-15-23(20)35-27)26-30-21-14-18(6-9-22(21)34-26)17-4-7-19(33-3)8-5-17/h4-9,14,16,28-29H,10-13,15H2,1-3H3,(H,31,32). The van der Waals surface area contributed by atoms with Gasteiger partial charge >= 0.3 is 0 Å². The molecule has 3 heterocycles. The number of amides is 1. The molecule has 1 aliphatic rings. The van der Waals surface area contributed by atoms with Gasteiger partial charge in [0.2, 0.25) is 5.91 Å². The highest BCUT2D eigenvalue weighted by Gasteiger charge is 2.25. The Morgan fingerprint density at radius 1 is 1.14 bits per heavy atom. The molecule has 0 spiro atoms. The highest BCUT2D eigenvalue weighted by atomic mass is 32.1. The summed E-state index contributed by atoms with van der Waals surface area (Å²) >= 11 is 3.37. The van der Waals surface area contributed by atoms with E-state index in [9.17, 15) is 4.79 Å². The van der Waals surface area contributed by atoms with Crippen molar-refractivity contribution >= 4 is 43.8 Å². The van der Waals surface area contributed by atoms with Crippen LogP contribution in [0.2, 0.25) is 0 Å². The molecule has 1 aliphatic heterocycles. The highest BCUT2D eigenvalue weighted by Crippen LogP contribution is 2.45. The van der Waals surface area contributed by atoms with E-state index in [2.05, 4.69) is 60.1 Å². The smallest absolute Gasteiger partial charge is 0.226 e. The fourth-order valence-corrected chi connectivity index (χ4v) is 6.63. The summed E-state index contributed by atoms with van der Waals surface area (Å²) in [5, 5.41) is 11.9. The van der Waals surface area contributed by atoms with Gasteiger partial charge in [-0.05, 0) is 53.9 Å². The van der Waals surface area contributed by atoms with Crippen LogP contribution < -0.4 is 20.7 Å². The number of fused-ring (bicyclic) bond motifs is 2.